The van der Waals surface area contributed by atoms with Crippen molar-refractivity contribution >= 4 is 43.5 Å². The summed E-state index contributed by atoms with van der Waals surface area (Å²) >= 11 is 0. The van der Waals surface area contributed by atoms with Gasteiger partial charge in [0.15, 0.2) is 11.4 Å². The maximum absolute atomic E-state index is 14.5. The van der Waals surface area contributed by atoms with Crippen molar-refractivity contribution < 1.29 is 22.6 Å². The van der Waals surface area contributed by atoms with Crippen LogP contribution in [0.2, 0.25) is 0 Å². The van der Waals surface area contributed by atoms with Crippen molar-refractivity contribution in [3.63, 3.8) is 0 Å². The molecule has 1 N–H and O–H groups in total. The number of pyridine rings is 2. The van der Waals surface area contributed by atoms with Crippen LogP contribution in [0.1, 0.15) is 11.1 Å². The second-order valence-corrected chi connectivity index (χ2v) is 13.3. The molecule has 1 saturated heterocycles. The lowest BCUT2D eigenvalue weighted by Gasteiger charge is -2.28. The van der Waals surface area contributed by atoms with Crippen LogP contribution in [0.15, 0.2) is 84.0 Å². The zero-order valence-corrected chi connectivity index (χ0v) is 27.5. The van der Waals surface area contributed by atoms with Crippen molar-refractivity contribution in [2.24, 2.45) is 7.05 Å². The van der Waals surface area contributed by atoms with Crippen LogP contribution in [0, 0.1) is 6.92 Å². The minimum absolute atomic E-state index is 0.167. The zero-order valence-electron chi connectivity index (χ0n) is 26.7. The summed E-state index contributed by atoms with van der Waals surface area (Å²) in [5, 5.41) is 4.23. The maximum Gasteiger partial charge on any atom is 0.269 e. The van der Waals surface area contributed by atoms with Crippen molar-refractivity contribution in [3.8, 4) is 22.9 Å². The van der Waals surface area contributed by atoms with E-state index in [9.17, 15) is 8.42 Å². The fourth-order valence-electron chi connectivity index (χ4n) is 6.08. The lowest BCUT2D eigenvalue weighted by Crippen LogP contribution is -2.36. The third-order valence-electron chi connectivity index (χ3n) is 8.62. The number of benzene rings is 2. The van der Waals surface area contributed by atoms with Crippen LogP contribution in [-0.4, -0.2) is 67.4 Å². The van der Waals surface area contributed by atoms with Crippen molar-refractivity contribution in [2.75, 3.05) is 50.7 Å². The lowest BCUT2D eigenvalue weighted by atomic mass is 10.1. The number of anilines is 2. The molecule has 0 spiro atoms. The van der Waals surface area contributed by atoms with E-state index < -0.39 is 10.0 Å². The minimum Gasteiger partial charge on any atom is -0.491 e. The molecule has 0 amide bonds. The second kappa shape index (κ2) is 12.3. The first kappa shape index (κ1) is 30.6. The monoisotopic (exact) mass is 652 g/mol. The van der Waals surface area contributed by atoms with Gasteiger partial charge in [-0.05, 0) is 61.0 Å². The van der Waals surface area contributed by atoms with E-state index in [0.29, 0.717) is 46.0 Å². The van der Waals surface area contributed by atoms with Gasteiger partial charge in [0.25, 0.3) is 15.9 Å². The van der Waals surface area contributed by atoms with Gasteiger partial charge >= 0.3 is 0 Å². The Kier molecular flexibility index (Phi) is 7.98. The van der Waals surface area contributed by atoms with Crippen molar-refractivity contribution in [2.45, 2.75) is 18.4 Å². The van der Waals surface area contributed by atoms with E-state index in [0.717, 1.165) is 54.3 Å². The number of nitrogens with zero attached hydrogens (tertiary/aromatic N) is 5. The Labute approximate surface area is 273 Å². The number of methoxy groups -OCH3 is 2. The second-order valence-electron chi connectivity index (χ2n) is 11.5. The summed E-state index contributed by atoms with van der Waals surface area (Å²) in [7, 11) is 0.892. The highest BCUT2D eigenvalue weighted by Gasteiger charge is 2.28. The van der Waals surface area contributed by atoms with E-state index in [1.165, 1.54) is 11.1 Å². The topological polar surface area (TPSA) is 113 Å². The van der Waals surface area contributed by atoms with Gasteiger partial charge in [-0.15, -0.1) is 0 Å². The fraction of sp³-hybridized carbons (Fsp3) is 0.257. The molecule has 7 rings (SSSR count). The van der Waals surface area contributed by atoms with Gasteiger partial charge in [0.2, 0.25) is 0 Å². The van der Waals surface area contributed by atoms with Gasteiger partial charge in [0.1, 0.15) is 5.52 Å². The van der Waals surface area contributed by atoms with Gasteiger partial charge in [-0.2, -0.15) is 0 Å². The molecular weight excluding hydrogens is 616 g/mol. The van der Waals surface area contributed by atoms with Gasteiger partial charge in [0.05, 0.1) is 43.5 Å². The molecule has 0 aliphatic carbocycles. The molecule has 6 aromatic rings. The SMILES string of the molecule is COc1cc2c(nc1OC)c(-c1cc3c(CNc4ccc(N5CCOCC5)cc4)ccnc3n1S(=O)(=O)c1ccc(C)cc1)cn2C. The third-order valence-corrected chi connectivity index (χ3v) is 10.3. The van der Waals surface area contributed by atoms with Crippen LogP contribution in [0.4, 0.5) is 11.4 Å². The lowest BCUT2D eigenvalue weighted by molar-refractivity contribution is 0.122. The highest BCUT2D eigenvalue weighted by Crippen LogP contribution is 2.39. The molecule has 0 saturated carbocycles. The zero-order chi connectivity index (χ0) is 32.7. The van der Waals surface area contributed by atoms with E-state index >= 15 is 0 Å². The first-order chi connectivity index (χ1) is 22.8. The molecule has 1 fully saturated rings. The molecule has 12 heteroatoms. The quantitative estimate of drug-likeness (QED) is 0.213. The molecule has 1 aliphatic heterocycles. The Bertz CT molecular complexity index is 2180. The van der Waals surface area contributed by atoms with Crippen LogP contribution >= 0.6 is 0 Å². The number of nitrogens with one attached hydrogen (secondary N) is 1. The van der Waals surface area contributed by atoms with Gasteiger partial charge in [-0.3, -0.25) is 0 Å². The average Bonchev–Trinajstić information content (AvgIpc) is 3.65. The average molecular weight is 653 g/mol. The maximum atomic E-state index is 14.5. The Morgan fingerprint density at radius 2 is 1.70 bits per heavy atom. The van der Waals surface area contributed by atoms with E-state index in [-0.39, 0.29) is 4.90 Å². The number of fused-ring (bicyclic) bond motifs is 2. The molecule has 2 aromatic carbocycles. The molecule has 0 bridgehead atoms. The van der Waals surface area contributed by atoms with E-state index in [1.807, 2.05) is 42.9 Å². The predicted molar refractivity (Wildman–Crippen MR) is 183 cm³/mol. The number of ether oxygens (including phenoxy) is 3. The Morgan fingerprint density at radius 3 is 2.40 bits per heavy atom. The molecule has 47 heavy (non-hydrogen) atoms. The number of hydrogen-bond donors (Lipinski definition) is 1. The highest BCUT2D eigenvalue weighted by molar-refractivity contribution is 7.90. The molecule has 0 atom stereocenters. The number of rotatable bonds is 9. The molecule has 5 heterocycles. The molecule has 1 aliphatic rings. The Balaban J connectivity index is 1.34. The van der Waals surface area contributed by atoms with Crippen LogP contribution in [0.5, 0.6) is 11.6 Å². The number of aromatic nitrogens is 4. The fourth-order valence-corrected chi connectivity index (χ4v) is 7.55. The van der Waals surface area contributed by atoms with E-state index in [1.54, 1.807) is 37.6 Å². The molecule has 0 unspecified atom stereocenters. The van der Waals surface area contributed by atoms with Gasteiger partial charge in [-0.1, -0.05) is 17.7 Å². The first-order valence-electron chi connectivity index (χ1n) is 15.3. The summed E-state index contributed by atoms with van der Waals surface area (Å²) in [5.74, 6) is 0.785. The van der Waals surface area contributed by atoms with E-state index in [4.69, 9.17) is 19.2 Å². The Hall–Kier alpha value is -5.07. The number of hydrogen-bond acceptors (Lipinski definition) is 9. The summed E-state index contributed by atoms with van der Waals surface area (Å²) in [6, 6.07) is 20.8. The van der Waals surface area contributed by atoms with Gasteiger partial charge in [0, 0.05) is 67.5 Å². The molecule has 4 aromatic heterocycles. The van der Waals surface area contributed by atoms with Crippen molar-refractivity contribution in [1.29, 1.82) is 0 Å². The van der Waals surface area contributed by atoms with Gasteiger partial charge in [-0.25, -0.2) is 22.4 Å². The molecule has 242 valence electrons. The van der Waals surface area contributed by atoms with Crippen LogP contribution in [0.3, 0.4) is 0 Å². The van der Waals surface area contributed by atoms with Crippen molar-refractivity contribution in [3.05, 3.63) is 90.3 Å². The molecule has 0 radical (unpaired) electrons. The summed E-state index contributed by atoms with van der Waals surface area (Å²) < 4.78 is 48.6. The van der Waals surface area contributed by atoms with Crippen LogP contribution < -0.4 is 19.7 Å². The summed E-state index contributed by atoms with van der Waals surface area (Å²) in [6.45, 7) is 5.60. The first-order valence-corrected chi connectivity index (χ1v) is 16.8. The Morgan fingerprint density at radius 1 is 0.957 bits per heavy atom. The largest absolute Gasteiger partial charge is 0.491 e. The van der Waals surface area contributed by atoms with Crippen LogP contribution in [0.25, 0.3) is 33.3 Å². The van der Waals surface area contributed by atoms with Crippen molar-refractivity contribution in [1.82, 2.24) is 18.5 Å². The third kappa shape index (κ3) is 5.53. The number of aryl methyl sites for hydroxylation is 2. The van der Waals surface area contributed by atoms with E-state index in [2.05, 4.69) is 39.5 Å². The summed E-state index contributed by atoms with van der Waals surface area (Å²) in [4.78, 5) is 11.9. The highest BCUT2D eigenvalue weighted by atomic mass is 32.2. The standard InChI is InChI=1S/C35H36N6O5S/c1-23-5-11-27(12-6-23)47(42,43)41-30(29-22-39(2)31-20-32(44-3)35(45-4)38-33(29)31)19-28-24(13-14-36-34(28)41)21-37-25-7-9-26(10-8-25)40-15-17-46-18-16-40/h5-14,19-20,22,37H,15-18,21H2,1-4H3. The summed E-state index contributed by atoms with van der Waals surface area (Å²) in [6.07, 6.45) is 3.53. The minimum atomic E-state index is -4.08. The van der Waals surface area contributed by atoms with Crippen LogP contribution in [-0.2, 0) is 28.4 Å². The molecule has 11 nitrogen and oxygen atoms in total. The predicted octanol–water partition coefficient (Wildman–Crippen LogP) is 5.60. The van der Waals surface area contributed by atoms with Gasteiger partial charge < -0.3 is 29.0 Å². The molecular formula is C35H36N6O5S. The number of morpholine rings is 1. The normalized spacial score (nSPS) is 13.7. The summed E-state index contributed by atoms with van der Waals surface area (Å²) in [5.41, 5.74) is 6.72. The smallest absolute Gasteiger partial charge is 0.269 e.